The van der Waals surface area contributed by atoms with E-state index in [9.17, 15) is 32.7 Å². The first kappa shape index (κ1) is 27.2. The number of rotatable bonds is 2. The number of hydrogen-bond donors (Lipinski definition) is 2. The van der Waals surface area contributed by atoms with Gasteiger partial charge in [0, 0.05) is 51.8 Å². The summed E-state index contributed by atoms with van der Waals surface area (Å²) in [5.74, 6) is -1.13. The topological polar surface area (TPSA) is 102 Å². The van der Waals surface area contributed by atoms with Crippen LogP contribution in [0.1, 0.15) is 28.4 Å². The number of nitrogens with one attached hydrogen (secondary N) is 1. The third-order valence-corrected chi connectivity index (χ3v) is 6.69. The number of carbonyl (C=O) groups excluding carboxylic acids is 3. The Morgan fingerprint density at radius 2 is 1.89 bits per heavy atom. The fourth-order valence-corrected chi connectivity index (χ4v) is 4.61. The molecule has 0 bridgehead atoms. The Bertz CT molecular complexity index is 1210. The van der Waals surface area contributed by atoms with Crippen LogP contribution in [0.5, 0.6) is 11.5 Å². The van der Waals surface area contributed by atoms with Gasteiger partial charge in [-0.05, 0) is 24.3 Å². The summed E-state index contributed by atoms with van der Waals surface area (Å²) in [4.78, 5) is 43.3. The summed E-state index contributed by atoms with van der Waals surface area (Å²) in [7, 11) is 0. The Hall–Kier alpha value is -3.80. The van der Waals surface area contributed by atoms with E-state index in [0.717, 1.165) is 18.2 Å². The molecule has 1 atom stereocenters. The molecule has 2 aromatic rings. The van der Waals surface area contributed by atoms with Crippen LogP contribution in [0.4, 0.5) is 13.2 Å². The number of piperazine rings is 1. The first-order valence-electron chi connectivity index (χ1n) is 12.2. The number of amides is 3. The number of nitrogens with zero attached hydrogens (tertiary/aromatic N) is 3. The first-order valence-corrected chi connectivity index (χ1v) is 12.2. The van der Waals surface area contributed by atoms with Crippen molar-refractivity contribution in [2.75, 3.05) is 45.9 Å². The van der Waals surface area contributed by atoms with Crippen molar-refractivity contribution in [3.63, 3.8) is 0 Å². The van der Waals surface area contributed by atoms with Gasteiger partial charge < -0.3 is 25.0 Å². The minimum Gasteiger partial charge on any atom is -0.508 e. The van der Waals surface area contributed by atoms with Gasteiger partial charge in [0.15, 0.2) is 0 Å². The van der Waals surface area contributed by atoms with Crippen molar-refractivity contribution in [3.05, 3.63) is 59.2 Å². The summed E-state index contributed by atoms with van der Waals surface area (Å²) in [6, 6.07) is 8.78. The van der Waals surface area contributed by atoms with E-state index >= 15 is 0 Å². The molecule has 204 valence electrons. The van der Waals surface area contributed by atoms with Gasteiger partial charge in [0.2, 0.25) is 11.8 Å². The third kappa shape index (κ3) is 6.36. The number of ether oxygens (including phenoxy) is 1. The quantitative estimate of drug-likeness (QED) is 0.612. The Labute approximate surface area is 217 Å². The number of fused-ring (bicyclic) bond motifs is 2. The zero-order valence-corrected chi connectivity index (χ0v) is 20.8. The molecule has 2 aliphatic rings. The van der Waals surface area contributed by atoms with Crippen LogP contribution in [0.25, 0.3) is 0 Å². The molecule has 2 aromatic carbocycles. The Morgan fingerprint density at radius 3 is 2.61 bits per heavy atom. The monoisotopic (exact) mass is 534 g/mol. The maximum Gasteiger partial charge on any atom is 0.416 e. The molecule has 2 N–H and O–H groups in total. The number of benzene rings is 2. The standard InChI is InChI=1S/C26H29F3N4O5/c1-17(34)32-10-11-33-20(14-32)16-38-23-7-6-19(26(27,28)29)12-21(23)25(37)30-8-9-31(15-24(33)36)13-18-4-2-3-5-22(18)35/h2-7,12,20,35H,8-11,13-16H2,1H3,(H,30,37)/t20-/m0/s1. The number of phenols is 1. The molecule has 0 spiro atoms. The van der Waals surface area contributed by atoms with E-state index in [2.05, 4.69) is 5.32 Å². The van der Waals surface area contributed by atoms with Crippen LogP contribution >= 0.6 is 0 Å². The van der Waals surface area contributed by atoms with Crippen molar-refractivity contribution in [1.29, 1.82) is 0 Å². The fraction of sp³-hybridized carbons (Fsp3) is 0.423. The lowest BCUT2D eigenvalue weighted by Crippen LogP contribution is -2.59. The van der Waals surface area contributed by atoms with E-state index in [1.165, 1.54) is 13.0 Å². The van der Waals surface area contributed by atoms with Crippen LogP contribution in [0.15, 0.2) is 42.5 Å². The van der Waals surface area contributed by atoms with Crippen LogP contribution in [-0.4, -0.2) is 89.4 Å². The highest BCUT2D eigenvalue weighted by molar-refractivity contribution is 5.97. The highest BCUT2D eigenvalue weighted by atomic mass is 19.4. The predicted octanol–water partition coefficient (Wildman–Crippen LogP) is 2.09. The number of halogens is 3. The summed E-state index contributed by atoms with van der Waals surface area (Å²) >= 11 is 0. The van der Waals surface area contributed by atoms with Gasteiger partial charge in [-0.25, -0.2) is 0 Å². The summed E-state index contributed by atoms with van der Waals surface area (Å²) in [5.41, 5.74) is -0.682. The Balaban J connectivity index is 1.66. The van der Waals surface area contributed by atoms with Crippen molar-refractivity contribution in [2.24, 2.45) is 0 Å². The number of aromatic hydroxyl groups is 1. The summed E-state index contributed by atoms with van der Waals surface area (Å²) in [6.07, 6.45) is -4.65. The number of carbonyl (C=O) groups is 3. The maximum absolute atomic E-state index is 13.4. The molecule has 0 unspecified atom stereocenters. The molecular weight excluding hydrogens is 505 g/mol. The molecule has 0 aliphatic carbocycles. The van der Waals surface area contributed by atoms with Crippen LogP contribution < -0.4 is 10.1 Å². The van der Waals surface area contributed by atoms with Gasteiger partial charge in [0.1, 0.15) is 18.1 Å². The molecule has 4 rings (SSSR count). The Morgan fingerprint density at radius 1 is 1.13 bits per heavy atom. The van der Waals surface area contributed by atoms with Crippen molar-refractivity contribution >= 4 is 17.7 Å². The molecule has 0 aromatic heterocycles. The predicted molar refractivity (Wildman–Crippen MR) is 130 cm³/mol. The normalized spacial score (nSPS) is 19.7. The number of hydrogen-bond acceptors (Lipinski definition) is 6. The van der Waals surface area contributed by atoms with Crippen molar-refractivity contribution in [3.8, 4) is 11.5 Å². The maximum atomic E-state index is 13.4. The largest absolute Gasteiger partial charge is 0.508 e. The second-order valence-corrected chi connectivity index (χ2v) is 9.32. The molecule has 2 heterocycles. The van der Waals surface area contributed by atoms with Gasteiger partial charge in [0.05, 0.1) is 23.7 Å². The smallest absolute Gasteiger partial charge is 0.416 e. The van der Waals surface area contributed by atoms with Crippen LogP contribution in [0.2, 0.25) is 0 Å². The van der Waals surface area contributed by atoms with E-state index in [4.69, 9.17) is 4.74 Å². The molecule has 38 heavy (non-hydrogen) atoms. The lowest BCUT2D eigenvalue weighted by molar-refractivity contribution is -0.143. The van der Waals surface area contributed by atoms with E-state index in [1.807, 2.05) is 0 Å². The zero-order valence-electron chi connectivity index (χ0n) is 20.8. The van der Waals surface area contributed by atoms with E-state index in [-0.39, 0.29) is 74.8 Å². The second-order valence-electron chi connectivity index (χ2n) is 9.32. The van der Waals surface area contributed by atoms with Crippen molar-refractivity contribution in [2.45, 2.75) is 25.7 Å². The molecule has 1 saturated heterocycles. The minimum atomic E-state index is -4.65. The highest BCUT2D eigenvalue weighted by Gasteiger charge is 2.35. The molecule has 0 saturated carbocycles. The molecule has 0 radical (unpaired) electrons. The molecular formula is C26H29F3N4O5. The van der Waals surface area contributed by atoms with Crippen molar-refractivity contribution in [1.82, 2.24) is 20.0 Å². The van der Waals surface area contributed by atoms with Gasteiger partial charge in [-0.1, -0.05) is 18.2 Å². The van der Waals surface area contributed by atoms with Gasteiger partial charge in [-0.15, -0.1) is 0 Å². The summed E-state index contributed by atoms with van der Waals surface area (Å²) in [5, 5.41) is 12.8. The lowest BCUT2D eigenvalue weighted by atomic mass is 10.1. The van der Waals surface area contributed by atoms with E-state index in [0.29, 0.717) is 12.1 Å². The molecule has 2 aliphatic heterocycles. The van der Waals surface area contributed by atoms with Crippen LogP contribution in [0, 0.1) is 0 Å². The number of phenolic OH excluding ortho intramolecular Hbond substituents is 1. The summed E-state index contributed by atoms with van der Waals surface area (Å²) < 4.78 is 45.9. The van der Waals surface area contributed by atoms with E-state index in [1.54, 1.807) is 32.9 Å². The third-order valence-electron chi connectivity index (χ3n) is 6.69. The average Bonchev–Trinajstić information content (AvgIpc) is 2.87. The van der Waals surface area contributed by atoms with Gasteiger partial charge in [-0.2, -0.15) is 13.2 Å². The Kier molecular flexibility index (Phi) is 8.10. The molecule has 12 heteroatoms. The summed E-state index contributed by atoms with van der Waals surface area (Å²) in [6.45, 7) is 2.48. The number of alkyl halides is 3. The van der Waals surface area contributed by atoms with Gasteiger partial charge in [0.25, 0.3) is 5.91 Å². The highest BCUT2D eigenvalue weighted by Crippen LogP contribution is 2.33. The zero-order chi connectivity index (χ0) is 27.4. The van der Waals surface area contributed by atoms with E-state index < -0.39 is 23.7 Å². The van der Waals surface area contributed by atoms with Gasteiger partial charge in [-0.3, -0.25) is 19.3 Å². The van der Waals surface area contributed by atoms with Crippen LogP contribution in [-0.2, 0) is 22.3 Å². The lowest BCUT2D eigenvalue weighted by Gasteiger charge is -2.41. The molecule has 3 amide bonds. The molecule has 1 fully saturated rings. The first-order chi connectivity index (χ1) is 18.0. The molecule has 9 nitrogen and oxygen atoms in total. The average molecular weight is 535 g/mol. The van der Waals surface area contributed by atoms with Crippen molar-refractivity contribution < 1.29 is 37.4 Å². The number of para-hydroxylation sites is 1. The fourth-order valence-electron chi connectivity index (χ4n) is 4.61. The second kappa shape index (κ2) is 11.3. The SMILES string of the molecule is CC(=O)N1CCN2C(=O)CN(Cc3ccccc3O)CCNC(=O)c3cc(C(F)(F)F)ccc3OC[C@@H]2C1. The van der Waals surface area contributed by atoms with Gasteiger partial charge >= 0.3 is 6.18 Å². The van der Waals surface area contributed by atoms with Crippen LogP contribution in [0.3, 0.4) is 0 Å². The minimum absolute atomic E-state index is 0.0358.